The van der Waals surface area contributed by atoms with Crippen molar-refractivity contribution in [1.82, 2.24) is 4.98 Å². The van der Waals surface area contributed by atoms with Crippen molar-refractivity contribution >= 4 is 16.9 Å². The number of nitrogens with one attached hydrogen (secondary N) is 1. The zero-order chi connectivity index (χ0) is 14.0. The highest BCUT2D eigenvalue weighted by molar-refractivity contribution is 5.85. The quantitative estimate of drug-likeness (QED) is 0.832. The summed E-state index contributed by atoms with van der Waals surface area (Å²) in [6.45, 7) is 1.92. The zero-order valence-corrected chi connectivity index (χ0v) is 10.4. The molecule has 0 spiro atoms. The third-order valence-corrected chi connectivity index (χ3v) is 2.82. The summed E-state index contributed by atoms with van der Waals surface area (Å²) in [5, 5.41) is 0.386. The van der Waals surface area contributed by atoms with Gasteiger partial charge in [-0.05, 0) is 18.6 Å². The molecule has 0 aliphatic carbocycles. The Morgan fingerprint density at radius 2 is 2.21 bits per heavy atom. The number of nitrogens with two attached hydrogens (primary N) is 1. The molecule has 1 atom stereocenters. The maximum Gasteiger partial charge on any atom is 0.323 e. The van der Waals surface area contributed by atoms with Crippen LogP contribution in [0.5, 0.6) is 0 Å². The number of carbonyl (C=O) groups is 1. The second-order valence-corrected chi connectivity index (χ2v) is 4.19. The molecular weight excluding hydrogens is 254 g/mol. The van der Waals surface area contributed by atoms with E-state index in [1.807, 2.05) is 0 Å². The van der Waals surface area contributed by atoms with E-state index in [1.165, 1.54) is 12.3 Å². The molecule has 0 amide bonds. The number of esters is 1. The first-order valence-electron chi connectivity index (χ1n) is 5.90. The van der Waals surface area contributed by atoms with Crippen LogP contribution in [0.25, 0.3) is 10.9 Å². The van der Waals surface area contributed by atoms with Crippen molar-refractivity contribution in [2.24, 2.45) is 5.73 Å². The van der Waals surface area contributed by atoms with Crippen molar-refractivity contribution in [2.45, 2.75) is 19.4 Å². The van der Waals surface area contributed by atoms with Gasteiger partial charge in [-0.1, -0.05) is 0 Å². The first kappa shape index (κ1) is 13.5. The minimum absolute atomic E-state index is 0.154. The lowest BCUT2D eigenvalue weighted by atomic mass is 10.1. The Hall–Kier alpha value is -1.95. The van der Waals surface area contributed by atoms with Gasteiger partial charge in [0, 0.05) is 24.1 Å². The number of ether oxygens (including phenoxy) is 1. The van der Waals surface area contributed by atoms with Crippen LogP contribution in [0.15, 0.2) is 18.3 Å². The molecule has 1 aromatic heterocycles. The van der Waals surface area contributed by atoms with Gasteiger partial charge in [0.2, 0.25) is 0 Å². The molecule has 3 N–H and O–H groups in total. The van der Waals surface area contributed by atoms with Gasteiger partial charge >= 0.3 is 5.97 Å². The first-order chi connectivity index (χ1) is 9.02. The molecule has 0 aliphatic heterocycles. The van der Waals surface area contributed by atoms with Crippen molar-refractivity contribution < 1.29 is 18.3 Å². The van der Waals surface area contributed by atoms with Gasteiger partial charge in [-0.3, -0.25) is 4.79 Å². The molecule has 1 unspecified atom stereocenters. The Balaban J connectivity index is 2.29. The van der Waals surface area contributed by atoms with Crippen LogP contribution in [0.1, 0.15) is 12.5 Å². The van der Waals surface area contributed by atoms with E-state index in [9.17, 15) is 13.6 Å². The Kier molecular flexibility index (Phi) is 3.80. The molecule has 2 rings (SSSR count). The summed E-state index contributed by atoms with van der Waals surface area (Å²) in [4.78, 5) is 14.1. The first-order valence-corrected chi connectivity index (χ1v) is 5.90. The molecule has 0 bridgehead atoms. The molecule has 0 fully saturated rings. The maximum atomic E-state index is 13.5. The molecular formula is C13H14F2N2O2. The molecule has 4 nitrogen and oxygen atoms in total. The lowest BCUT2D eigenvalue weighted by Crippen LogP contribution is -2.34. The van der Waals surface area contributed by atoms with Crippen molar-refractivity contribution in [1.29, 1.82) is 0 Å². The average Bonchev–Trinajstić information content (AvgIpc) is 2.73. The second kappa shape index (κ2) is 5.36. The predicted octanol–water partition coefficient (Wildman–Crippen LogP) is 1.88. The fraction of sp³-hybridized carbons (Fsp3) is 0.308. The highest BCUT2D eigenvalue weighted by atomic mass is 19.1. The van der Waals surface area contributed by atoms with Crippen molar-refractivity contribution in [2.75, 3.05) is 6.61 Å². The fourth-order valence-corrected chi connectivity index (χ4v) is 1.95. The van der Waals surface area contributed by atoms with E-state index in [0.29, 0.717) is 10.9 Å². The van der Waals surface area contributed by atoms with Gasteiger partial charge in [0.1, 0.15) is 17.7 Å². The summed E-state index contributed by atoms with van der Waals surface area (Å²) < 4.78 is 31.5. The Labute approximate surface area is 108 Å². The number of H-pyrrole nitrogens is 1. The smallest absolute Gasteiger partial charge is 0.323 e. The largest absolute Gasteiger partial charge is 0.465 e. The minimum Gasteiger partial charge on any atom is -0.465 e. The maximum absolute atomic E-state index is 13.5. The number of fused-ring (bicyclic) bond motifs is 1. The van der Waals surface area contributed by atoms with Crippen LogP contribution in [0.2, 0.25) is 0 Å². The fourth-order valence-electron chi connectivity index (χ4n) is 1.95. The van der Waals surface area contributed by atoms with Gasteiger partial charge in [-0.2, -0.15) is 0 Å². The summed E-state index contributed by atoms with van der Waals surface area (Å²) >= 11 is 0. The van der Waals surface area contributed by atoms with Crippen LogP contribution < -0.4 is 5.73 Å². The van der Waals surface area contributed by atoms with E-state index in [-0.39, 0.29) is 18.5 Å². The highest BCUT2D eigenvalue weighted by Gasteiger charge is 2.18. The van der Waals surface area contributed by atoms with Crippen LogP contribution >= 0.6 is 0 Å². The van der Waals surface area contributed by atoms with Gasteiger partial charge in [-0.25, -0.2) is 8.78 Å². The van der Waals surface area contributed by atoms with Crippen molar-refractivity contribution in [3.63, 3.8) is 0 Å². The van der Waals surface area contributed by atoms with E-state index < -0.39 is 23.6 Å². The van der Waals surface area contributed by atoms with Crippen molar-refractivity contribution in [3.05, 3.63) is 35.5 Å². The van der Waals surface area contributed by atoms with Gasteiger partial charge in [-0.15, -0.1) is 0 Å². The highest BCUT2D eigenvalue weighted by Crippen LogP contribution is 2.23. The molecule has 102 valence electrons. The Bertz CT molecular complexity index is 610. The number of halogens is 2. The van der Waals surface area contributed by atoms with Gasteiger partial charge < -0.3 is 15.5 Å². The van der Waals surface area contributed by atoms with Gasteiger partial charge in [0.05, 0.1) is 12.1 Å². The third kappa shape index (κ3) is 2.73. The summed E-state index contributed by atoms with van der Waals surface area (Å²) in [5.41, 5.74) is 6.46. The molecule has 19 heavy (non-hydrogen) atoms. The lowest BCUT2D eigenvalue weighted by molar-refractivity contribution is -0.144. The van der Waals surface area contributed by atoms with Crippen LogP contribution in [0.3, 0.4) is 0 Å². The summed E-state index contributed by atoms with van der Waals surface area (Å²) in [7, 11) is 0. The van der Waals surface area contributed by atoms with E-state index in [4.69, 9.17) is 10.5 Å². The lowest BCUT2D eigenvalue weighted by Gasteiger charge is -2.09. The Morgan fingerprint density at radius 3 is 2.89 bits per heavy atom. The molecule has 0 aliphatic rings. The molecule has 0 radical (unpaired) electrons. The van der Waals surface area contributed by atoms with Crippen LogP contribution in [0, 0.1) is 11.6 Å². The second-order valence-electron chi connectivity index (χ2n) is 4.19. The van der Waals surface area contributed by atoms with E-state index in [1.54, 1.807) is 6.92 Å². The number of aromatic nitrogens is 1. The van der Waals surface area contributed by atoms with Crippen LogP contribution in [-0.2, 0) is 16.0 Å². The third-order valence-electron chi connectivity index (χ3n) is 2.82. The van der Waals surface area contributed by atoms with Crippen molar-refractivity contribution in [3.8, 4) is 0 Å². The number of benzene rings is 1. The average molecular weight is 268 g/mol. The minimum atomic E-state index is -0.856. The molecule has 2 aromatic rings. The van der Waals surface area contributed by atoms with E-state index in [0.717, 1.165) is 6.07 Å². The predicted molar refractivity (Wildman–Crippen MR) is 66.5 cm³/mol. The van der Waals surface area contributed by atoms with E-state index >= 15 is 0 Å². The monoisotopic (exact) mass is 268 g/mol. The number of aromatic amines is 1. The molecule has 1 aromatic carbocycles. The number of hydrogen-bond donors (Lipinski definition) is 2. The number of carbonyl (C=O) groups excluding carboxylic acids is 1. The van der Waals surface area contributed by atoms with E-state index in [2.05, 4.69) is 4.98 Å². The summed E-state index contributed by atoms with van der Waals surface area (Å²) in [5.74, 6) is -1.88. The summed E-state index contributed by atoms with van der Waals surface area (Å²) in [6, 6.07) is 1.15. The Morgan fingerprint density at radius 1 is 1.47 bits per heavy atom. The SMILES string of the molecule is CCOC(=O)C(N)Cc1c[nH]c2c(F)cc(F)cc12. The standard InChI is InChI=1S/C13H14F2N2O2/c1-2-19-13(18)11(16)3-7-6-17-12-9(7)4-8(14)5-10(12)15/h4-6,11,17H,2-3,16H2,1H3. The van der Waals surface area contributed by atoms with Gasteiger partial charge in [0.15, 0.2) is 0 Å². The molecule has 0 saturated heterocycles. The number of rotatable bonds is 4. The molecule has 0 saturated carbocycles. The number of hydrogen-bond acceptors (Lipinski definition) is 3. The molecule has 1 heterocycles. The zero-order valence-electron chi connectivity index (χ0n) is 10.4. The normalized spacial score (nSPS) is 12.6. The summed E-state index contributed by atoms with van der Waals surface area (Å²) in [6.07, 6.45) is 1.67. The topological polar surface area (TPSA) is 68.1 Å². The van der Waals surface area contributed by atoms with Crippen LogP contribution in [0.4, 0.5) is 8.78 Å². The van der Waals surface area contributed by atoms with Crippen LogP contribution in [-0.4, -0.2) is 23.6 Å². The molecule has 6 heteroatoms. The van der Waals surface area contributed by atoms with Gasteiger partial charge in [0.25, 0.3) is 0 Å².